The molecule has 1 aromatic rings. The quantitative estimate of drug-likeness (QED) is 0.548. The molecule has 72 valence electrons. The molecule has 0 aliphatic rings. The van der Waals surface area contributed by atoms with E-state index in [0.29, 0.717) is 7.14 Å². The number of hydrogen-bond donors (Lipinski definition) is 1. The van der Waals surface area contributed by atoms with Crippen molar-refractivity contribution in [3.8, 4) is 0 Å². The Morgan fingerprint density at radius 1 is 1.31 bits per heavy atom. The van der Waals surface area contributed by atoms with Crippen LogP contribution in [-0.4, -0.2) is 8.42 Å². The summed E-state index contributed by atoms with van der Waals surface area (Å²) in [7, 11) is -3.81. The fourth-order valence-corrected chi connectivity index (χ4v) is 2.36. The van der Waals surface area contributed by atoms with E-state index in [1.807, 2.05) is 22.6 Å². The van der Waals surface area contributed by atoms with E-state index in [2.05, 4.69) is 0 Å². The number of rotatable bonds is 1. The Kier molecular flexibility index (Phi) is 3.52. The van der Waals surface area contributed by atoms with Crippen LogP contribution in [-0.2, 0) is 10.0 Å². The van der Waals surface area contributed by atoms with Crippen molar-refractivity contribution in [2.45, 2.75) is 4.90 Å². The van der Waals surface area contributed by atoms with Gasteiger partial charge in [-0.25, -0.2) is 17.9 Å². The summed E-state index contributed by atoms with van der Waals surface area (Å²) in [5.74, 6) is -0.573. The van der Waals surface area contributed by atoms with Gasteiger partial charge in [-0.05, 0) is 57.3 Å². The average Bonchev–Trinajstić information content (AvgIpc) is 1.97. The zero-order valence-electron chi connectivity index (χ0n) is 6.09. The lowest BCUT2D eigenvalue weighted by atomic mass is 10.3. The number of sulfonamides is 1. The van der Waals surface area contributed by atoms with Crippen molar-refractivity contribution in [3.05, 3.63) is 25.1 Å². The maximum atomic E-state index is 13.0. The minimum Gasteiger partial charge on any atom is -0.225 e. The van der Waals surface area contributed by atoms with Gasteiger partial charge in [0.1, 0.15) is 5.82 Å². The number of hydrogen-bond acceptors (Lipinski definition) is 2. The minimum absolute atomic E-state index is 0.199. The van der Waals surface area contributed by atoms with E-state index in [1.165, 1.54) is 6.07 Å². The molecule has 0 atom stereocenters. The van der Waals surface area contributed by atoms with E-state index in [-0.39, 0.29) is 4.90 Å². The van der Waals surface area contributed by atoms with Gasteiger partial charge in [-0.3, -0.25) is 0 Å². The van der Waals surface area contributed by atoms with Crippen molar-refractivity contribution < 1.29 is 12.8 Å². The average molecular weight is 427 g/mol. The lowest BCUT2D eigenvalue weighted by Crippen LogP contribution is -2.13. The molecule has 7 heteroatoms. The van der Waals surface area contributed by atoms with Crippen LogP contribution in [0.15, 0.2) is 17.0 Å². The van der Waals surface area contributed by atoms with Gasteiger partial charge in [0, 0.05) is 3.57 Å². The molecule has 0 bridgehead atoms. The van der Waals surface area contributed by atoms with Gasteiger partial charge in [-0.15, -0.1) is 0 Å². The normalized spacial score (nSPS) is 11.7. The first-order valence-electron chi connectivity index (χ1n) is 2.99. The number of nitrogens with two attached hydrogens (primary N) is 1. The van der Waals surface area contributed by atoms with Gasteiger partial charge < -0.3 is 0 Å². The molecule has 13 heavy (non-hydrogen) atoms. The van der Waals surface area contributed by atoms with Crippen LogP contribution in [0.1, 0.15) is 0 Å². The number of halogens is 3. The van der Waals surface area contributed by atoms with Gasteiger partial charge in [-0.2, -0.15) is 0 Å². The Hall–Kier alpha value is 0.520. The molecule has 0 saturated heterocycles. The first-order valence-corrected chi connectivity index (χ1v) is 6.70. The number of benzene rings is 1. The van der Waals surface area contributed by atoms with Gasteiger partial charge in [0.25, 0.3) is 0 Å². The molecule has 0 radical (unpaired) electrons. The first-order chi connectivity index (χ1) is 5.82. The predicted octanol–water partition coefficient (Wildman–Crippen LogP) is 1.68. The summed E-state index contributed by atoms with van der Waals surface area (Å²) in [6.07, 6.45) is 0. The van der Waals surface area contributed by atoms with Gasteiger partial charge >= 0.3 is 0 Å². The van der Waals surface area contributed by atoms with E-state index in [1.54, 1.807) is 22.6 Å². The van der Waals surface area contributed by atoms with Gasteiger partial charge in [0.2, 0.25) is 10.0 Å². The summed E-state index contributed by atoms with van der Waals surface area (Å²) in [6, 6.07) is 2.25. The molecule has 0 aliphatic heterocycles. The third-order valence-electron chi connectivity index (χ3n) is 1.29. The fraction of sp³-hybridized carbons (Fsp3) is 0. The minimum atomic E-state index is -3.81. The van der Waals surface area contributed by atoms with Crippen LogP contribution in [0.5, 0.6) is 0 Å². The van der Waals surface area contributed by atoms with Crippen molar-refractivity contribution in [2.75, 3.05) is 0 Å². The second-order valence-corrected chi connectivity index (χ2v) is 6.05. The number of primary sulfonamides is 1. The van der Waals surface area contributed by atoms with Gasteiger partial charge in [-0.1, -0.05) is 0 Å². The van der Waals surface area contributed by atoms with E-state index >= 15 is 0 Å². The molecule has 0 unspecified atom stereocenters. The highest BCUT2D eigenvalue weighted by molar-refractivity contribution is 14.1. The Labute approximate surface area is 102 Å². The van der Waals surface area contributed by atoms with Crippen LogP contribution in [0.4, 0.5) is 4.39 Å². The van der Waals surface area contributed by atoms with E-state index < -0.39 is 15.8 Å². The predicted molar refractivity (Wildman–Crippen MR) is 63.2 cm³/mol. The highest BCUT2D eigenvalue weighted by atomic mass is 127. The smallest absolute Gasteiger partial charge is 0.225 e. The van der Waals surface area contributed by atoms with Crippen LogP contribution >= 0.6 is 45.2 Å². The lowest BCUT2D eigenvalue weighted by Gasteiger charge is -2.02. The third kappa shape index (κ3) is 2.73. The molecule has 1 aromatic carbocycles. The third-order valence-corrected chi connectivity index (χ3v) is 5.16. The second-order valence-electron chi connectivity index (χ2n) is 2.25. The van der Waals surface area contributed by atoms with Crippen LogP contribution in [0.25, 0.3) is 0 Å². The molecule has 0 heterocycles. The van der Waals surface area contributed by atoms with E-state index in [0.717, 1.165) is 6.07 Å². The molecule has 0 aromatic heterocycles. The molecule has 3 nitrogen and oxygen atoms in total. The Morgan fingerprint density at radius 3 is 2.23 bits per heavy atom. The summed E-state index contributed by atoms with van der Waals surface area (Å²) >= 11 is 3.64. The summed E-state index contributed by atoms with van der Waals surface area (Å²) in [4.78, 5) is -0.199. The molecular weight excluding hydrogens is 423 g/mol. The van der Waals surface area contributed by atoms with Gasteiger partial charge in [0.05, 0.1) is 8.47 Å². The van der Waals surface area contributed by atoms with E-state index in [9.17, 15) is 12.8 Å². The fourth-order valence-electron chi connectivity index (χ4n) is 0.697. The second kappa shape index (κ2) is 3.95. The van der Waals surface area contributed by atoms with Crippen LogP contribution in [0.3, 0.4) is 0 Å². The monoisotopic (exact) mass is 427 g/mol. The standard InChI is InChI=1S/C6H4FI2NO2S/c7-4-1-3(13(10,11)12)2-5(8)6(4)9/h1-2H,(H2,10,11,12). The summed E-state index contributed by atoms with van der Waals surface area (Å²) < 4.78 is 35.7. The Bertz CT molecular complexity index is 423. The van der Waals surface area contributed by atoms with Crippen molar-refractivity contribution in [1.29, 1.82) is 0 Å². The van der Waals surface area contributed by atoms with Crippen molar-refractivity contribution >= 4 is 55.2 Å². The zero-order chi connectivity index (χ0) is 10.2. The van der Waals surface area contributed by atoms with Gasteiger partial charge in [0.15, 0.2) is 0 Å². The zero-order valence-corrected chi connectivity index (χ0v) is 11.2. The van der Waals surface area contributed by atoms with Crippen LogP contribution in [0.2, 0.25) is 0 Å². The largest absolute Gasteiger partial charge is 0.238 e. The van der Waals surface area contributed by atoms with Crippen molar-refractivity contribution in [2.24, 2.45) is 5.14 Å². The van der Waals surface area contributed by atoms with Crippen molar-refractivity contribution in [3.63, 3.8) is 0 Å². The molecule has 2 N–H and O–H groups in total. The molecule has 0 saturated carbocycles. The molecule has 1 rings (SSSR count). The van der Waals surface area contributed by atoms with Crippen molar-refractivity contribution in [1.82, 2.24) is 0 Å². The summed E-state index contributed by atoms with van der Waals surface area (Å²) in [5.41, 5.74) is 0. The van der Waals surface area contributed by atoms with Crippen LogP contribution < -0.4 is 5.14 Å². The first kappa shape index (κ1) is 11.6. The lowest BCUT2D eigenvalue weighted by molar-refractivity contribution is 0.590. The SMILES string of the molecule is NS(=O)(=O)c1cc(F)c(I)c(I)c1. The van der Waals surface area contributed by atoms with Crippen LogP contribution in [0, 0.1) is 13.0 Å². The maximum absolute atomic E-state index is 13.0. The molecular formula is C6H4FI2NO2S. The Balaban J connectivity index is 3.47. The maximum Gasteiger partial charge on any atom is 0.238 e. The van der Waals surface area contributed by atoms with E-state index in [4.69, 9.17) is 5.14 Å². The molecule has 0 spiro atoms. The summed E-state index contributed by atoms with van der Waals surface area (Å²) in [6.45, 7) is 0. The Morgan fingerprint density at radius 2 is 1.85 bits per heavy atom. The summed E-state index contributed by atoms with van der Waals surface area (Å²) in [5, 5.41) is 4.84. The highest BCUT2D eigenvalue weighted by Gasteiger charge is 2.13. The molecule has 0 fully saturated rings. The topological polar surface area (TPSA) is 60.2 Å². The molecule has 0 aliphatic carbocycles. The highest BCUT2D eigenvalue weighted by Crippen LogP contribution is 2.22. The molecule has 0 amide bonds.